The van der Waals surface area contributed by atoms with Gasteiger partial charge in [-0.05, 0) is 29.9 Å². The zero-order chi connectivity index (χ0) is 14.8. The number of benzene rings is 1. The van der Waals surface area contributed by atoms with E-state index in [0.29, 0.717) is 12.8 Å². The van der Waals surface area contributed by atoms with E-state index in [1.54, 1.807) is 0 Å². The molecule has 4 atom stereocenters. The largest absolute Gasteiger partial charge is 0.390 e. The lowest BCUT2D eigenvalue weighted by molar-refractivity contribution is -0.123. The molecular formula is C17H25ClN2O2. The van der Waals surface area contributed by atoms with Gasteiger partial charge in [-0.15, -0.1) is 12.4 Å². The molecule has 2 unspecified atom stereocenters. The van der Waals surface area contributed by atoms with E-state index in [0.717, 1.165) is 24.0 Å². The van der Waals surface area contributed by atoms with E-state index in [-0.39, 0.29) is 36.3 Å². The van der Waals surface area contributed by atoms with Crippen molar-refractivity contribution in [2.75, 3.05) is 0 Å². The Kier molecular flexibility index (Phi) is 5.84. The van der Waals surface area contributed by atoms with E-state index in [2.05, 4.69) is 5.32 Å². The zero-order valence-electron chi connectivity index (χ0n) is 12.7. The molecule has 22 heavy (non-hydrogen) atoms. The second kappa shape index (κ2) is 7.44. The molecular weight excluding hydrogens is 300 g/mol. The van der Waals surface area contributed by atoms with E-state index in [4.69, 9.17) is 5.73 Å². The molecule has 0 saturated heterocycles. The highest BCUT2D eigenvalue weighted by Gasteiger charge is 2.33. The topological polar surface area (TPSA) is 75.4 Å². The minimum absolute atomic E-state index is 0. The van der Waals surface area contributed by atoms with Crippen LogP contribution in [0.2, 0.25) is 0 Å². The first-order valence-corrected chi connectivity index (χ1v) is 7.96. The lowest BCUT2D eigenvalue weighted by Gasteiger charge is -2.28. The molecule has 4 N–H and O–H groups in total. The van der Waals surface area contributed by atoms with Gasteiger partial charge in [-0.25, -0.2) is 0 Å². The maximum absolute atomic E-state index is 12.3. The van der Waals surface area contributed by atoms with Crippen LogP contribution in [0.1, 0.15) is 49.3 Å². The van der Waals surface area contributed by atoms with Gasteiger partial charge in [0.25, 0.3) is 0 Å². The zero-order valence-corrected chi connectivity index (χ0v) is 13.5. The fourth-order valence-electron chi connectivity index (χ4n) is 3.71. The summed E-state index contributed by atoms with van der Waals surface area (Å²) in [5, 5.41) is 13.2. The average Bonchev–Trinajstić information content (AvgIpc) is 2.78. The van der Waals surface area contributed by atoms with Crippen molar-refractivity contribution in [2.24, 2.45) is 11.7 Å². The van der Waals surface area contributed by atoms with E-state index in [1.807, 2.05) is 24.3 Å². The van der Waals surface area contributed by atoms with Crippen molar-refractivity contribution in [3.05, 3.63) is 35.4 Å². The third-order valence-electron chi connectivity index (χ3n) is 4.94. The first-order valence-electron chi connectivity index (χ1n) is 7.96. The van der Waals surface area contributed by atoms with Crippen LogP contribution in [0.15, 0.2) is 24.3 Å². The third kappa shape index (κ3) is 3.62. The molecule has 0 radical (unpaired) electrons. The first kappa shape index (κ1) is 17.3. The number of carbonyl (C=O) groups excluding carboxylic acids is 1. The number of hydrogen-bond acceptors (Lipinski definition) is 3. The van der Waals surface area contributed by atoms with Gasteiger partial charge in [0.2, 0.25) is 5.91 Å². The Labute approximate surface area is 137 Å². The van der Waals surface area contributed by atoms with Gasteiger partial charge < -0.3 is 16.2 Å². The molecule has 0 aromatic heterocycles. The van der Waals surface area contributed by atoms with Crippen molar-refractivity contribution in [3.63, 3.8) is 0 Å². The number of fused-ring (bicyclic) bond motifs is 1. The van der Waals surface area contributed by atoms with E-state index in [9.17, 15) is 9.90 Å². The lowest BCUT2D eigenvalue weighted by atomic mass is 9.83. The maximum Gasteiger partial charge on any atom is 0.220 e. The molecule has 0 heterocycles. The van der Waals surface area contributed by atoms with E-state index < -0.39 is 6.10 Å². The van der Waals surface area contributed by atoms with Crippen LogP contribution in [0.5, 0.6) is 0 Å². The molecule has 3 rings (SSSR count). The molecule has 2 aliphatic carbocycles. The van der Waals surface area contributed by atoms with Gasteiger partial charge in [-0.2, -0.15) is 0 Å². The summed E-state index contributed by atoms with van der Waals surface area (Å²) in [6.45, 7) is 0. The van der Waals surface area contributed by atoms with Crippen molar-refractivity contribution in [1.29, 1.82) is 0 Å². The highest BCUT2D eigenvalue weighted by Crippen LogP contribution is 2.32. The minimum Gasteiger partial charge on any atom is -0.390 e. The van der Waals surface area contributed by atoms with Gasteiger partial charge in [0, 0.05) is 18.9 Å². The summed E-state index contributed by atoms with van der Waals surface area (Å²) in [5.41, 5.74) is 8.29. The SMILES string of the molecule is Cl.NC1CCCCC1CC(=O)N[C@H]1c2ccccc2C[C@H]1O. The number of nitrogens with two attached hydrogens (primary N) is 1. The molecule has 1 aromatic rings. The Bertz CT molecular complexity index is 523. The van der Waals surface area contributed by atoms with Crippen LogP contribution < -0.4 is 11.1 Å². The Morgan fingerprint density at radius 3 is 2.77 bits per heavy atom. The molecule has 1 saturated carbocycles. The number of carbonyl (C=O) groups is 1. The molecule has 4 nitrogen and oxygen atoms in total. The number of aliphatic hydroxyl groups excluding tert-OH is 1. The van der Waals surface area contributed by atoms with Gasteiger partial charge in [0.1, 0.15) is 0 Å². The number of rotatable bonds is 3. The smallest absolute Gasteiger partial charge is 0.220 e. The highest BCUT2D eigenvalue weighted by atomic mass is 35.5. The molecule has 0 spiro atoms. The molecule has 0 bridgehead atoms. The second-order valence-electron chi connectivity index (χ2n) is 6.43. The minimum atomic E-state index is -0.522. The van der Waals surface area contributed by atoms with Crippen molar-refractivity contribution in [2.45, 2.75) is 56.7 Å². The predicted octanol–water partition coefficient (Wildman–Crippen LogP) is 2.09. The van der Waals surface area contributed by atoms with E-state index in [1.165, 1.54) is 12.8 Å². The summed E-state index contributed by atoms with van der Waals surface area (Å²) >= 11 is 0. The maximum atomic E-state index is 12.3. The summed E-state index contributed by atoms with van der Waals surface area (Å²) in [6, 6.07) is 7.80. The predicted molar refractivity (Wildman–Crippen MR) is 88.8 cm³/mol. The van der Waals surface area contributed by atoms with Gasteiger partial charge in [0.05, 0.1) is 12.1 Å². The van der Waals surface area contributed by atoms with Gasteiger partial charge in [-0.3, -0.25) is 4.79 Å². The fraction of sp³-hybridized carbons (Fsp3) is 0.588. The molecule has 1 amide bonds. The molecule has 2 aliphatic rings. The van der Waals surface area contributed by atoms with Crippen LogP contribution in [0.3, 0.4) is 0 Å². The monoisotopic (exact) mass is 324 g/mol. The normalized spacial score (nSPS) is 30.3. The van der Waals surface area contributed by atoms with E-state index >= 15 is 0 Å². The average molecular weight is 325 g/mol. The van der Waals surface area contributed by atoms with Crippen LogP contribution in [0, 0.1) is 5.92 Å². The standard InChI is InChI=1S/C17H24N2O2.ClH/c18-14-8-4-2-6-12(14)10-16(21)19-17-13-7-3-1-5-11(13)9-15(17)20;/h1,3,5,7,12,14-15,17,20H,2,4,6,8-10,18H2,(H,19,21);1H/t12?,14?,15-,17+;/m1./s1. The number of aliphatic hydroxyl groups is 1. The number of halogens is 1. The summed E-state index contributed by atoms with van der Waals surface area (Å²) in [5.74, 6) is 0.297. The van der Waals surface area contributed by atoms with Gasteiger partial charge in [-0.1, -0.05) is 37.1 Å². The Balaban J connectivity index is 0.00000176. The second-order valence-corrected chi connectivity index (χ2v) is 6.43. The Morgan fingerprint density at radius 1 is 1.27 bits per heavy atom. The molecule has 122 valence electrons. The van der Waals surface area contributed by atoms with Crippen molar-refractivity contribution in [1.82, 2.24) is 5.32 Å². The van der Waals surface area contributed by atoms with Gasteiger partial charge >= 0.3 is 0 Å². The third-order valence-corrected chi connectivity index (χ3v) is 4.94. The van der Waals surface area contributed by atoms with Crippen LogP contribution in [0.4, 0.5) is 0 Å². The summed E-state index contributed by atoms with van der Waals surface area (Å²) in [7, 11) is 0. The van der Waals surface area contributed by atoms with Crippen LogP contribution in [-0.4, -0.2) is 23.2 Å². The molecule has 5 heteroatoms. The highest BCUT2D eigenvalue weighted by molar-refractivity contribution is 5.85. The first-order chi connectivity index (χ1) is 10.1. The summed E-state index contributed by atoms with van der Waals surface area (Å²) in [4.78, 5) is 12.3. The number of nitrogens with one attached hydrogen (secondary N) is 1. The molecule has 1 fully saturated rings. The van der Waals surface area contributed by atoms with Crippen molar-refractivity contribution < 1.29 is 9.90 Å². The number of hydrogen-bond donors (Lipinski definition) is 3. The van der Waals surface area contributed by atoms with Crippen LogP contribution in [-0.2, 0) is 11.2 Å². The molecule has 0 aliphatic heterocycles. The Hall–Kier alpha value is -1.10. The van der Waals surface area contributed by atoms with Crippen LogP contribution >= 0.6 is 12.4 Å². The summed E-state index contributed by atoms with van der Waals surface area (Å²) < 4.78 is 0. The quantitative estimate of drug-likeness (QED) is 0.797. The van der Waals surface area contributed by atoms with Crippen molar-refractivity contribution in [3.8, 4) is 0 Å². The molecule has 1 aromatic carbocycles. The summed E-state index contributed by atoms with van der Waals surface area (Å²) in [6.07, 6.45) is 4.97. The van der Waals surface area contributed by atoms with Crippen LogP contribution in [0.25, 0.3) is 0 Å². The van der Waals surface area contributed by atoms with Gasteiger partial charge in [0.15, 0.2) is 0 Å². The lowest BCUT2D eigenvalue weighted by Crippen LogP contribution is -2.39. The number of amides is 1. The fourth-order valence-corrected chi connectivity index (χ4v) is 3.71. The van der Waals surface area contributed by atoms with Crippen molar-refractivity contribution >= 4 is 18.3 Å². The Morgan fingerprint density at radius 2 is 2.00 bits per heavy atom.